The molecule has 4 rings (SSSR count). The molecule has 2 aliphatic heterocycles. The lowest BCUT2D eigenvalue weighted by atomic mass is 10.0. The van der Waals surface area contributed by atoms with Gasteiger partial charge in [0, 0.05) is 42.7 Å². The van der Waals surface area contributed by atoms with Crippen LogP contribution in [0.15, 0.2) is 29.2 Å². The number of carbonyl (C=O) groups excluding carboxylic acids is 3. The standard InChI is InChI=1S/C27H35N3O7S2/c1-5-37-26(32)19-7-6-13-30(15-19)39(34,35)20-10-8-18(9-11-20)24(31)28-25-23(27(33)36-4)21-12-14-29(17(2)3)16-22(21)38-25/h8-11,17,19H,5-7,12-16H2,1-4H3,(H,28,31). The van der Waals surface area contributed by atoms with Crippen LogP contribution in [0.1, 0.15) is 64.8 Å². The number of hydrogen-bond acceptors (Lipinski definition) is 9. The van der Waals surface area contributed by atoms with Crippen molar-refractivity contribution in [2.75, 3.05) is 38.7 Å². The highest BCUT2D eigenvalue weighted by atomic mass is 32.2. The zero-order chi connectivity index (χ0) is 28.3. The maximum atomic E-state index is 13.2. The van der Waals surface area contributed by atoms with E-state index in [1.54, 1.807) is 6.92 Å². The van der Waals surface area contributed by atoms with Crippen molar-refractivity contribution < 1.29 is 32.3 Å². The number of nitrogens with one attached hydrogen (secondary N) is 1. The molecule has 39 heavy (non-hydrogen) atoms. The first kappa shape index (κ1) is 29.2. The number of anilines is 1. The van der Waals surface area contributed by atoms with Gasteiger partial charge in [-0.05, 0) is 69.9 Å². The molecule has 0 bridgehead atoms. The van der Waals surface area contributed by atoms with E-state index in [-0.39, 0.29) is 29.6 Å². The molecule has 1 fully saturated rings. The Labute approximate surface area is 233 Å². The predicted octanol–water partition coefficient (Wildman–Crippen LogP) is 3.52. The van der Waals surface area contributed by atoms with Gasteiger partial charge in [-0.2, -0.15) is 4.31 Å². The molecule has 1 saturated heterocycles. The highest BCUT2D eigenvalue weighted by molar-refractivity contribution is 7.89. The molecule has 0 saturated carbocycles. The second-order valence-electron chi connectivity index (χ2n) is 9.95. The lowest BCUT2D eigenvalue weighted by Crippen LogP contribution is -2.42. The predicted molar refractivity (Wildman–Crippen MR) is 147 cm³/mol. The highest BCUT2D eigenvalue weighted by Gasteiger charge is 2.34. The number of rotatable bonds is 8. The molecule has 12 heteroatoms. The van der Waals surface area contributed by atoms with Gasteiger partial charge in [0.2, 0.25) is 10.0 Å². The summed E-state index contributed by atoms with van der Waals surface area (Å²) in [6, 6.07) is 6.02. The fourth-order valence-electron chi connectivity index (χ4n) is 4.99. The summed E-state index contributed by atoms with van der Waals surface area (Å²) in [6.45, 7) is 8.09. The molecule has 1 aromatic heterocycles. The van der Waals surface area contributed by atoms with Crippen LogP contribution >= 0.6 is 11.3 Å². The minimum atomic E-state index is -3.85. The average molecular weight is 578 g/mol. The summed E-state index contributed by atoms with van der Waals surface area (Å²) < 4.78 is 37.9. The Hall–Kier alpha value is -2.80. The summed E-state index contributed by atoms with van der Waals surface area (Å²) in [5.41, 5.74) is 1.54. The zero-order valence-electron chi connectivity index (χ0n) is 22.7. The van der Waals surface area contributed by atoms with Crippen LogP contribution in [0.25, 0.3) is 0 Å². The summed E-state index contributed by atoms with van der Waals surface area (Å²) >= 11 is 1.37. The number of carbonyl (C=O) groups is 3. The van der Waals surface area contributed by atoms with Crippen LogP contribution < -0.4 is 5.32 Å². The topological polar surface area (TPSA) is 122 Å². The molecule has 0 aliphatic carbocycles. The molecule has 1 atom stereocenters. The van der Waals surface area contributed by atoms with Gasteiger partial charge in [0.25, 0.3) is 5.91 Å². The maximum Gasteiger partial charge on any atom is 0.341 e. The van der Waals surface area contributed by atoms with Crippen LogP contribution in [0.2, 0.25) is 0 Å². The monoisotopic (exact) mass is 577 g/mol. The molecule has 0 radical (unpaired) electrons. The van der Waals surface area contributed by atoms with E-state index in [9.17, 15) is 22.8 Å². The number of benzene rings is 1. The first-order valence-corrected chi connectivity index (χ1v) is 15.4. The van der Waals surface area contributed by atoms with Crippen molar-refractivity contribution in [2.24, 2.45) is 5.92 Å². The number of amides is 1. The summed E-state index contributed by atoms with van der Waals surface area (Å²) in [5, 5.41) is 3.27. The lowest BCUT2D eigenvalue weighted by molar-refractivity contribution is -0.149. The molecule has 1 unspecified atom stereocenters. The van der Waals surface area contributed by atoms with Gasteiger partial charge in [0.1, 0.15) is 5.00 Å². The quantitative estimate of drug-likeness (QED) is 0.473. The van der Waals surface area contributed by atoms with Crippen molar-refractivity contribution in [2.45, 2.75) is 57.5 Å². The number of piperidine rings is 1. The second kappa shape index (κ2) is 12.2. The maximum absolute atomic E-state index is 13.2. The van der Waals surface area contributed by atoms with Crippen molar-refractivity contribution in [1.29, 1.82) is 0 Å². The van der Waals surface area contributed by atoms with Gasteiger partial charge < -0.3 is 14.8 Å². The minimum Gasteiger partial charge on any atom is -0.466 e. The number of sulfonamides is 1. The van der Waals surface area contributed by atoms with Gasteiger partial charge in [-0.15, -0.1) is 11.3 Å². The number of ether oxygens (including phenoxy) is 2. The molecule has 10 nitrogen and oxygen atoms in total. The Kier molecular flexibility index (Phi) is 9.10. The van der Waals surface area contributed by atoms with Crippen molar-refractivity contribution in [3.05, 3.63) is 45.8 Å². The fourth-order valence-corrected chi connectivity index (χ4v) is 7.77. The number of fused-ring (bicyclic) bond motifs is 1. The third-order valence-corrected chi connectivity index (χ3v) is 10.2. The Morgan fingerprint density at radius 1 is 1.15 bits per heavy atom. The van der Waals surface area contributed by atoms with E-state index < -0.39 is 27.8 Å². The Morgan fingerprint density at radius 3 is 2.51 bits per heavy atom. The van der Waals surface area contributed by atoms with E-state index in [2.05, 4.69) is 24.1 Å². The van der Waals surface area contributed by atoms with Crippen LogP contribution in [0, 0.1) is 5.92 Å². The fraction of sp³-hybridized carbons (Fsp3) is 0.519. The van der Waals surface area contributed by atoms with Crippen LogP contribution in [0.4, 0.5) is 5.00 Å². The average Bonchev–Trinajstić information content (AvgIpc) is 3.29. The van der Waals surface area contributed by atoms with Gasteiger partial charge in [0.15, 0.2) is 0 Å². The summed E-state index contributed by atoms with van der Waals surface area (Å²) in [6.07, 6.45) is 1.83. The number of nitrogens with zero attached hydrogens (tertiary/aromatic N) is 2. The molecule has 1 aromatic carbocycles. The smallest absolute Gasteiger partial charge is 0.341 e. The molecule has 3 heterocycles. The van der Waals surface area contributed by atoms with Gasteiger partial charge in [-0.3, -0.25) is 14.5 Å². The van der Waals surface area contributed by atoms with Crippen molar-refractivity contribution in [3.63, 3.8) is 0 Å². The first-order chi connectivity index (χ1) is 18.6. The minimum absolute atomic E-state index is 0.0409. The first-order valence-electron chi connectivity index (χ1n) is 13.1. The molecular formula is C27H35N3O7S2. The van der Waals surface area contributed by atoms with E-state index in [4.69, 9.17) is 9.47 Å². The number of thiophene rings is 1. The number of methoxy groups -OCH3 is 1. The third kappa shape index (κ3) is 6.19. The SMILES string of the molecule is CCOC(=O)C1CCCN(S(=O)(=O)c2ccc(C(=O)Nc3sc4c(c3C(=O)OC)CCN(C(C)C)C4)cc2)C1. The van der Waals surface area contributed by atoms with E-state index in [1.807, 2.05) is 0 Å². The van der Waals surface area contributed by atoms with Crippen LogP contribution in [0.5, 0.6) is 0 Å². The molecule has 2 aliphatic rings. The zero-order valence-corrected chi connectivity index (χ0v) is 24.3. The van der Waals surface area contributed by atoms with Crippen LogP contribution in [-0.4, -0.2) is 74.9 Å². The Morgan fingerprint density at radius 2 is 1.87 bits per heavy atom. The van der Waals surface area contributed by atoms with Crippen molar-refractivity contribution >= 4 is 44.2 Å². The summed E-state index contributed by atoms with van der Waals surface area (Å²) in [4.78, 5) is 41.3. The van der Waals surface area contributed by atoms with Crippen LogP contribution in [0.3, 0.4) is 0 Å². The third-order valence-electron chi connectivity index (χ3n) is 7.19. The lowest BCUT2D eigenvalue weighted by Gasteiger charge is -2.30. The van der Waals surface area contributed by atoms with E-state index >= 15 is 0 Å². The van der Waals surface area contributed by atoms with E-state index in [1.165, 1.54) is 47.0 Å². The number of hydrogen-bond donors (Lipinski definition) is 1. The highest BCUT2D eigenvalue weighted by Crippen LogP contribution is 2.38. The van der Waals surface area contributed by atoms with Gasteiger partial charge >= 0.3 is 11.9 Å². The second-order valence-corrected chi connectivity index (χ2v) is 13.0. The summed E-state index contributed by atoms with van der Waals surface area (Å²) in [5.74, 6) is -1.83. The largest absolute Gasteiger partial charge is 0.466 e. The molecule has 2 aromatic rings. The van der Waals surface area contributed by atoms with Crippen molar-refractivity contribution in [3.8, 4) is 0 Å². The van der Waals surface area contributed by atoms with Gasteiger partial charge in [0.05, 0.1) is 30.1 Å². The molecule has 1 amide bonds. The van der Waals surface area contributed by atoms with Crippen LogP contribution in [-0.2, 0) is 37.3 Å². The Bertz CT molecular complexity index is 1340. The van der Waals surface area contributed by atoms with E-state index in [0.29, 0.717) is 49.0 Å². The number of esters is 2. The summed E-state index contributed by atoms with van der Waals surface area (Å²) in [7, 11) is -2.53. The molecule has 1 N–H and O–H groups in total. The molecule has 212 valence electrons. The van der Waals surface area contributed by atoms with E-state index in [0.717, 1.165) is 17.0 Å². The van der Waals surface area contributed by atoms with Crippen molar-refractivity contribution in [1.82, 2.24) is 9.21 Å². The Balaban J connectivity index is 1.51. The molecule has 0 spiro atoms. The normalized spacial score (nSPS) is 18.4. The van der Waals surface area contributed by atoms with Gasteiger partial charge in [-0.1, -0.05) is 0 Å². The van der Waals surface area contributed by atoms with Gasteiger partial charge in [-0.25, -0.2) is 13.2 Å². The molecular weight excluding hydrogens is 542 g/mol.